The Hall–Kier alpha value is -2.51. The number of aromatic nitrogens is 2. The Kier molecular flexibility index (Phi) is 4.96. The summed E-state index contributed by atoms with van der Waals surface area (Å²) in [6.07, 6.45) is 1.58. The summed E-state index contributed by atoms with van der Waals surface area (Å²) in [4.78, 5) is 0.0991. The van der Waals surface area contributed by atoms with E-state index in [0.717, 1.165) is 5.56 Å². The SMILES string of the molecule is COc1ccc(S(=O)(=O)Nc2nn(Cc3ccccc3)cc2Cl)cc1. The molecule has 0 radical (unpaired) electrons. The average Bonchev–Trinajstić information content (AvgIpc) is 2.94. The first-order valence-corrected chi connectivity index (χ1v) is 9.28. The molecule has 25 heavy (non-hydrogen) atoms. The zero-order chi connectivity index (χ0) is 17.9. The molecular weight excluding hydrogens is 362 g/mol. The number of rotatable bonds is 6. The Morgan fingerprint density at radius 2 is 1.80 bits per heavy atom. The fourth-order valence-electron chi connectivity index (χ4n) is 2.26. The van der Waals surface area contributed by atoms with Crippen LogP contribution in [0.1, 0.15) is 5.56 Å². The molecule has 1 N–H and O–H groups in total. The molecule has 0 spiro atoms. The van der Waals surface area contributed by atoms with Gasteiger partial charge in [-0.3, -0.25) is 9.40 Å². The van der Waals surface area contributed by atoms with Gasteiger partial charge in [0, 0.05) is 6.20 Å². The van der Waals surface area contributed by atoms with Crippen molar-refractivity contribution in [2.45, 2.75) is 11.4 Å². The molecule has 6 nitrogen and oxygen atoms in total. The van der Waals surface area contributed by atoms with Crippen molar-refractivity contribution in [2.75, 3.05) is 11.8 Å². The van der Waals surface area contributed by atoms with Gasteiger partial charge in [0.15, 0.2) is 5.82 Å². The number of ether oxygens (including phenoxy) is 1. The molecule has 0 aliphatic carbocycles. The van der Waals surface area contributed by atoms with E-state index in [4.69, 9.17) is 16.3 Å². The minimum Gasteiger partial charge on any atom is -0.497 e. The van der Waals surface area contributed by atoms with Gasteiger partial charge < -0.3 is 4.74 Å². The van der Waals surface area contributed by atoms with Crippen LogP contribution in [0.5, 0.6) is 5.75 Å². The highest BCUT2D eigenvalue weighted by Gasteiger charge is 2.18. The van der Waals surface area contributed by atoms with Crippen LogP contribution in [0, 0.1) is 0 Å². The maximum atomic E-state index is 12.5. The third-order valence-electron chi connectivity index (χ3n) is 3.51. The lowest BCUT2D eigenvalue weighted by atomic mass is 10.2. The van der Waals surface area contributed by atoms with E-state index in [1.807, 2.05) is 30.3 Å². The monoisotopic (exact) mass is 377 g/mol. The Labute approximate surface area is 151 Å². The lowest BCUT2D eigenvalue weighted by molar-refractivity contribution is 0.414. The summed E-state index contributed by atoms with van der Waals surface area (Å²) in [5.41, 5.74) is 1.03. The molecule has 130 valence electrons. The zero-order valence-electron chi connectivity index (χ0n) is 13.4. The van der Waals surface area contributed by atoms with Gasteiger partial charge in [0.1, 0.15) is 10.8 Å². The lowest BCUT2D eigenvalue weighted by Crippen LogP contribution is -2.14. The smallest absolute Gasteiger partial charge is 0.263 e. The van der Waals surface area contributed by atoms with E-state index in [2.05, 4.69) is 9.82 Å². The summed E-state index contributed by atoms with van der Waals surface area (Å²) in [7, 11) is -2.27. The second kappa shape index (κ2) is 7.16. The number of hydrogen-bond acceptors (Lipinski definition) is 4. The quantitative estimate of drug-likeness (QED) is 0.714. The standard InChI is InChI=1S/C17H16ClN3O3S/c1-24-14-7-9-15(10-8-14)25(22,23)20-17-16(18)12-21(19-17)11-13-5-3-2-4-6-13/h2-10,12H,11H2,1H3,(H,19,20). The van der Waals surface area contributed by atoms with Crippen LogP contribution in [-0.2, 0) is 16.6 Å². The van der Waals surface area contributed by atoms with Crippen molar-refractivity contribution in [3.8, 4) is 5.75 Å². The zero-order valence-corrected chi connectivity index (χ0v) is 15.0. The number of nitrogens with zero attached hydrogens (tertiary/aromatic N) is 2. The fourth-order valence-corrected chi connectivity index (χ4v) is 3.53. The minimum atomic E-state index is -3.79. The van der Waals surface area contributed by atoms with Gasteiger partial charge in [-0.1, -0.05) is 41.9 Å². The Balaban J connectivity index is 1.79. The Morgan fingerprint density at radius 1 is 1.12 bits per heavy atom. The number of methoxy groups -OCH3 is 1. The Bertz CT molecular complexity index is 955. The summed E-state index contributed by atoms with van der Waals surface area (Å²) in [5.74, 6) is 0.664. The largest absolute Gasteiger partial charge is 0.497 e. The summed E-state index contributed by atoms with van der Waals surface area (Å²) in [6, 6.07) is 15.7. The van der Waals surface area contributed by atoms with Gasteiger partial charge in [0.05, 0.1) is 18.6 Å². The van der Waals surface area contributed by atoms with Crippen LogP contribution in [-0.4, -0.2) is 25.3 Å². The van der Waals surface area contributed by atoms with Crippen LogP contribution < -0.4 is 9.46 Å². The van der Waals surface area contributed by atoms with Gasteiger partial charge in [-0.2, -0.15) is 5.10 Å². The van der Waals surface area contributed by atoms with Crippen LogP contribution in [0.15, 0.2) is 65.7 Å². The summed E-state index contributed by atoms with van der Waals surface area (Å²) in [5, 5.41) is 4.45. The van der Waals surface area contributed by atoms with Gasteiger partial charge in [-0.05, 0) is 29.8 Å². The second-order valence-electron chi connectivity index (χ2n) is 5.29. The Morgan fingerprint density at radius 3 is 2.44 bits per heavy atom. The number of halogens is 1. The van der Waals surface area contributed by atoms with Gasteiger partial charge >= 0.3 is 0 Å². The molecule has 1 heterocycles. The molecule has 2 aromatic carbocycles. The highest BCUT2D eigenvalue weighted by Crippen LogP contribution is 2.24. The van der Waals surface area contributed by atoms with Gasteiger partial charge in [-0.25, -0.2) is 8.42 Å². The summed E-state index contributed by atoms with van der Waals surface area (Å²) in [6.45, 7) is 0.491. The first-order valence-electron chi connectivity index (χ1n) is 7.42. The molecule has 0 unspecified atom stereocenters. The highest BCUT2D eigenvalue weighted by atomic mass is 35.5. The number of anilines is 1. The van der Waals surface area contributed by atoms with E-state index in [0.29, 0.717) is 12.3 Å². The van der Waals surface area contributed by atoms with E-state index in [-0.39, 0.29) is 15.7 Å². The van der Waals surface area contributed by atoms with Gasteiger partial charge in [-0.15, -0.1) is 0 Å². The van der Waals surface area contributed by atoms with E-state index < -0.39 is 10.0 Å². The van der Waals surface area contributed by atoms with E-state index in [1.165, 1.54) is 19.2 Å². The summed E-state index contributed by atoms with van der Waals surface area (Å²) >= 11 is 6.12. The van der Waals surface area contributed by atoms with Crippen molar-refractivity contribution < 1.29 is 13.2 Å². The molecule has 3 rings (SSSR count). The van der Waals surface area contributed by atoms with Gasteiger partial charge in [0.25, 0.3) is 10.0 Å². The molecule has 3 aromatic rings. The molecule has 0 saturated carbocycles. The lowest BCUT2D eigenvalue weighted by Gasteiger charge is -2.07. The fraction of sp³-hybridized carbons (Fsp3) is 0.118. The topological polar surface area (TPSA) is 73.2 Å². The number of hydrogen-bond donors (Lipinski definition) is 1. The van der Waals surface area contributed by atoms with Crippen LogP contribution in [0.2, 0.25) is 5.02 Å². The molecule has 0 bridgehead atoms. The van der Waals surface area contributed by atoms with E-state index in [1.54, 1.807) is 23.0 Å². The van der Waals surface area contributed by atoms with Gasteiger partial charge in [0.2, 0.25) is 0 Å². The molecule has 0 aliphatic rings. The van der Waals surface area contributed by atoms with Crippen molar-refractivity contribution in [1.29, 1.82) is 0 Å². The van der Waals surface area contributed by atoms with Crippen LogP contribution >= 0.6 is 11.6 Å². The minimum absolute atomic E-state index is 0.0911. The van der Waals surface area contributed by atoms with Crippen molar-refractivity contribution in [3.63, 3.8) is 0 Å². The third-order valence-corrected chi connectivity index (χ3v) is 5.14. The van der Waals surface area contributed by atoms with Crippen LogP contribution in [0.3, 0.4) is 0 Å². The second-order valence-corrected chi connectivity index (χ2v) is 7.38. The maximum absolute atomic E-state index is 12.5. The molecular formula is C17H16ClN3O3S. The molecule has 8 heteroatoms. The highest BCUT2D eigenvalue weighted by molar-refractivity contribution is 7.92. The normalized spacial score (nSPS) is 11.3. The number of benzene rings is 2. The molecule has 0 atom stereocenters. The summed E-state index contributed by atoms with van der Waals surface area (Å²) < 4.78 is 34.0. The van der Waals surface area contributed by atoms with Crippen molar-refractivity contribution in [2.24, 2.45) is 0 Å². The predicted octanol–water partition coefficient (Wildman–Crippen LogP) is 3.39. The van der Waals surface area contributed by atoms with Crippen molar-refractivity contribution >= 4 is 27.4 Å². The van der Waals surface area contributed by atoms with Crippen LogP contribution in [0.4, 0.5) is 5.82 Å². The molecule has 0 aliphatic heterocycles. The van der Waals surface area contributed by atoms with Crippen molar-refractivity contribution in [3.05, 3.63) is 71.4 Å². The first-order chi connectivity index (χ1) is 12.0. The molecule has 0 amide bonds. The molecule has 0 saturated heterocycles. The molecule has 1 aromatic heterocycles. The van der Waals surface area contributed by atoms with Crippen molar-refractivity contribution in [1.82, 2.24) is 9.78 Å². The predicted molar refractivity (Wildman–Crippen MR) is 96.6 cm³/mol. The number of nitrogens with one attached hydrogen (secondary N) is 1. The average molecular weight is 378 g/mol. The number of sulfonamides is 1. The van der Waals surface area contributed by atoms with Crippen LogP contribution in [0.25, 0.3) is 0 Å². The van der Waals surface area contributed by atoms with E-state index >= 15 is 0 Å². The molecule has 0 fully saturated rings. The third kappa shape index (κ3) is 4.12. The maximum Gasteiger partial charge on any atom is 0.263 e. The van der Waals surface area contributed by atoms with E-state index in [9.17, 15) is 8.42 Å². The first kappa shape index (κ1) is 17.3.